The first-order chi connectivity index (χ1) is 9.74. The Morgan fingerprint density at radius 3 is 2.52 bits per heavy atom. The molecule has 1 N–H and O–H groups in total. The van der Waals surface area contributed by atoms with Gasteiger partial charge in [0.25, 0.3) is 0 Å². The van der Waals surface area contributed by atoms with Gasteiger partial charge in [0.05, 0.1) is 12.8 Å². The molecule has 1 unspecified atom stereocenters. The SMILES string of the molecule is COc1cccc2c1N(C(=O)OC(C)(C)C)CC2C(=O)O. The van der Waals surface area contributed by atoms with E-state index in [4.69, 9.17) is 9.47 Å². The van der Waals surface area contributed by atoms with E-state index >= 15 is 0 Å². The summed E-state index contributed by atoms with van der Waals surface area (Å²) in [5.74, 6) is -1.29. The lowest BCUT2D eigenvalue weighted by molar-refractivity contribution is -0.138. The number of carboxylic acids is 1. The van der Waals surface area contributed by atoms with Crippen LogP contribution >= 0.6 is 0 Å². The summed E-state index contributed by atoms with van der Waals surface area (Å²) in [5.41, 5.74) is 0.384. The number of anilines is 1. The lowest BCUT2D eigenvalue weighted by atomic mass is 10.0. The summed E-state index contributed by atoms with van der Waals surface area (Å²) in [6.45, 7) is 5.33. The first kappa shape index (κ1) is 15.2. The van der Waals surface area contributed by atoms with Crippen LogP contribution in [-0.2, 0) is 9.53 Å². The predicted octanol–water partition coefficient (Wildman–Crippen LogP) is 2.62. The van der Waals surface area contributed by atoms with Crippen molar-refractivity contribution in [3.05, 3.63) is 23.8 Å². The normalized spacial score (nSPS) is 17.3. The van der Waals surface area contributed by atoms with Crippen LogP contribution in [0, 0.1) is 0 Å². The van der Waals surface area contributed by atoms with E-state index in [1.807, 2.05) is 0 Å². The second kappa shape index (κ2) is 5.27. The van der Waals surface area contributed by atoms with Crippen molar-refractivity contribution in [1.82, 2.24) is 0 Å². The van der Waals surface area contributed by atoms with Crippen molar-refractivity contribution in [2.75, 3.05) is 18.6 Å². The third-order valence-corrected chi connectivity index (χ3v) is 3.17. The highest BCUT2D eigenvalue weighted by Gasteiger charge is 2.40. The first-order valence-electron chi connectivity index (χ1n) is 6.65. The zero-order valence-corrected chi connectivity index (χ0v) is 12.5. The third-order valence-electron chi connectivity index (χ3n) is 3.17. The van der Waals surface area contributed by atoms with E-state index in [0.29, 0.717) is 17.0 Å². The van der Waals surface area contributed by atoms with Crippen LogP contribution in [-0.4, -0.2) is 36.4 Å². The minimum Gasteiger partial charge on any atom is -0.495 e. The number of carboxylic acid groups (broad SMARTS) is 1. The summed E-state index contributed by atoms with van der Waals surface area (Å²) >= 11 is 0. The van der Waals surface area contributed by atoms with Gasteiger partial charge in [0.1, 0.15) is 17.3 Å². The van der Waals surface area contributed by atoms with Gasteiger partial charge in [-0.15, -0.1) is 0 Å². The van der Waals surface area contributed by atoms with Gasteiger partial charge in [0.15, 0.2) is 0 Å². The van der Waals surface area contributed by atoms with Gasteiger partial charge in [-0.05, 0) is 32.4 Å². The molecule has 21 heavy (non-hydrogen) atoms. The van der Waals surface area contributed by atoms with Crippen molar-refractivity contribution in [1.29, 1.82) is 0 Å². The van der Waals surface area contributed by atoms with Gasteiger partial charge in [-0.3, -0.25) is 9.69 Å². The van der Waals surface area contributed by atoms with E-state index in [-0.39, 0.29) is 6.54 Å². The second-order valence-electron chi connectivity index (χ2n) is 5.88. The van der Waals surface area contributed by atoms with E-state index in [2.05, 4.69) is 0 Å². The Hall–Kier alpha value is -2.24. The van der Waals surface area contributed by atoms with E-state index < -0.39 is 23.6 Å². The number of carbonyl (C=O) groups is 2. The predicted molar refractivity (Wildman–Crippen MR) is 77.0 cm³/mol. The molecule has 1 atom stereocenters. The molecule has 1 heterocycles. The molecular weight excluding hydrogens is 274 g/mol. The summed E-state index contributed by atoms with van der Waals surface area (Å²) in [5, 5.41) is 9.34. The number of nitrogens with zero attached hydrogens (tertiary/aromatic N) is 1. The number of benzene rings is 1. The van der Waals surface area contributed by atoms with Crippen LogP contribution in [0.25, 0.3) is 0 Å². The molecule has 0 aliphatic carbocycles. The fourth-order valence-corrected chi connectivity index (χ4v) is 2.34. The van der Waals surface area contributed by atoms with E-state index in [1.54, 1.807) is 39.0 Å². The number of para-hydroxylation sites is 1. The molecule has 1 aliphatic rings. The highest BCUT2D eigenvalue weighted by Crippen LogP contribution is 2.43. The Balaban J connectivity index is 2.43. The molecule has 114 valence electrons. The standard InChI is InChI=1S/C15H19NO5/c1-15(2,3)21-14(19)16-8-10(13(17)18)9-6-5-7-11(20-4)12(9)16/h5-7,10H,8H2,1-4H3,(H,17,18). The summed E-state index contributed by atoms with van der Waals surface area (Å²) < 4.78 is 10.6. The summed E-state index contributed by atoms with van der Waals surface area (Å²) in [6, 6.07) is 5.10. The minimum absolute atomic E-state index is 0.0416. The van der Waals surface area contributed by atoms with Crippen molar-refractivity contribution in [2.24, 2.45) is 0 Å². The number of rotatable bonds is 2. The molecule has 2 rings (SSSR count). The Morgan fingerprint density at radius 1 is 1.33 bits per heavy atom. The smallest absolute Gasteiger partial charge is 0.414 e. The molecule has 0 bridgehead atoms. The van der Waals surface area contributed by atoms with Gasteiger partial charge in [-0.2, -0.15) is 0 Å². The largest absolute Gasteiger partial charge is 0.495 e. The highest BCUT2D eigenvalue weighted by molar-refractivity contribution is 5.97. The number of fused-ring (bicyclic) bond motifs is 1. The summed E-state index contributed by atoms with van der Waals surface area (Å²) in [6.07, 6.45) is -0.572. The topological polar surface area (TPSA) is 76.1 Å². The van der Waals surface area contributed by atoms with Crippen molar-refractivity contribution >= 4 is 17.7 Å². The zero-order chi connectivity index (χ0) is 15.8. The van der Waals surface area contributed by atoms with E-state index in [0.717, 1.165) is 0 Å². The van der Waals surface area contributed by atoms with Crippen LogP contribution in [0.5, 0.6) is 5.75 Å². The maximum Gasteiger partial charge on any atom is 0.414 e. The number of carbonyl (C=O) groups excluding carboxylic acids is 1. The molecule has 0 saturated heterocycles. The third kappa shape index (κ3) is 2.94. The van der Waals surface area contributed by atoms with E-state index in [9.17, 15) is 14.7 Å². The van der Waals surface area contributed by atoms with Gasteiger partial charge in [-0.25, -0.2) is 4.79 Å². The molecular formula is C15H19NO5. The fourth-order valence-electron chi connectivity index (χ4n) is 2.34. The lowest BCUT2D eigenvalue weighted by Crippen LogP contribution is -2.37. The maximum atomic E-state index is 12.3. The maximum absolute atomic E-state index is 12.3. The number of aliphatic carboxylic acids is 1. The van der Waals surface area contributed by atoms with Crippen LogP contribution in [0.15, 0.2) is 18.2 Å². The molecule has 1 aromatic rings. The van der Waals surface area contributed by atoms with E-state index in [1.165, 1.54) is 12.0 Å². The minimum atomic E-state index is -0.976. The molecule has 1 aliphatic heterocycles. The monoisotopic (exact) mass is 293 g/mol. The second-order valence-corrected chi connectivity index (χ2v) is 5.88. The number of ether oxygens (including phenoxy) is 2. The lowest BCUT2D eigenvalue weighted by Gasteiger charge is -2.25. The fraction of sp³-hybridized carbons (Fsp3) is 0.467. The van der Waals surface area contributed by atoms with Crippen molar-refractivity contribution in [2.45, 2.75) is 32.3 Å². The van der Waals surface area contributed by atoms with Crippen molar-refractivity contribution in [3.63, 3.8) is 0 Å². The highest BCUT2D eigenvalue weighted by atomic mass is 16.6. The van der Waals surface area contributed by atoms with Crippen LogP contribution in [0.4, 0.5) is 10.5 Å². The molecule has 0 aromatic heterocycles. The zero-order valence-electron chi connectivity index (χ0n) is 12.5. The number of hydrogen-bond acceptors (Lipinski definition) is 4. The van der Waals surface area contributed by atoms with Gasteiger partial charge in [-0.1, -0.05) is 12.1 Å². The first-order valence-corrected chi connectivity index (χ1v) is 6.65. The average molecular weight is 293 g/mol. The van der Waals surface area contributed by atoms with Crippen LogP contribution < -0.4 is 9.64 Å². The molecule has 6 heteroatoms. The quantitative estimate of drug-likeness (QED) is 0.907. The van der Waals surface area contributed by atoms with Gasteiger partial charge >= 0.3 is 12.1 Å². The number of methoxy groups -OCH3 is 1. The van der Waals surface area contributed by atoms with Crippen LogP contribution in [0.2, 0.25) is 0 Å². The van der Waals surface area contributed by atoms with Crippen LogP contribution in [0.1, 0.15) is 32.3 Å². The molecule has 6 nitrogen and oxygen atoms in total. The Morgan fingerprint density at radius 2 is 2.00 bits per heavy atom. The molecule has 1 aromatic carbocycles. The van der Waals surface area contributed by atoms with Gasteiger partial charge in [0, 0.05) is 6.54 Å². The summed E-state index contributed by atoms with van der Waals surface area (Å²) in [7, 11) is 1.48. The average Bonchev–Trinajstić information content (AvgIpc) is 2.76. The molecule has 0 spiro atoms. The Bertz CT molecular complexity index is 576. The Labute approximate surface area is 123 Å². The molecule has 0 radical (unpaired) electrons. The molecule has 0 fully saturated rings. The number of hydrogen-bond donors (Lipinski definition) is 1. The van der Waals surface area contributed by atoms with Crippen LogP contribution in [0.3, 0.4) is 0 Å². The van der Waals surface area contributed by atoms with Gasteiger partial charge < -0.3 is 14.6 Å². The number of amides is 1. The Kier molecular flexibility index (Phi) is 3.80. The molecule has 0 saturated carbocycles. The van der Waals surface area contributed by atoms with Crippen molar-refractivity contribution < 1.29 is 24.2 Å². The molecule has 1 amide bonds. The summed E-state index contributed by atoms with van der Waals surface area (Å²) in [4.78, 5) is 25.0. The van der Waals surface area contributed by atoms with Gasteiger partial charge in [0.2, 0.25) is 0 Å². The van der Waals surface area contributed by atoms with Crippen molar-refractivity contribution in [3.8, 4) is 5.75 Å².